The maximum atomic E-state index is 13.4. The van der Waals surface area contributed by atoms with Crippen LogP contribution in [-0.4, -0.2) is 70.5 Å². The molecule has 0 saturated carbocycles. The van der Waals surface area contributed by atoms with Crippen LogP contribution in [0.2, 0.25) is 0 Å². The molecule has 1 atom stereocenters. The number of fused-ring (bicyclic) bond motifs is 3. The number of benzene rings is 1. The number of ether oxygens (including phenoxy) is 2. The molecular formula is C24H28F2N4O4. The van der Waals surface area contributed by atoms with E-state index in [0.29, 0.717) is 61.1 Å². The van der Waals surface area contributed by atoms with E-state index < -0.39 is 12.5 Å². The van der Waals surface area contributed by atoms with E-state index >= 15 is 0 Å². The van der Waals surface area contributed by atoms with Crippen LogP contribution in [-0.2, 0) is 9.47 Å². The Balaban J connectivity index is 1.45. The number of aryl methyl sites for hydroxylation is 1. The summed E-state index contributed by atoms with van der Waals surface area (Å²) in [5.74, 6) is -2.98. The fourth-order valence-electron chi connectivity index (χ4n) is 4.88. The molecule has 0 unspecified atom stereocenters. The van der Waals surface area contributed by atoms with Crippen molar-refractivity contribution in [3.63, 3.8) is 0 Å². The molecule has 0 spiro atoms. The highest BCUT2D eigenvalue weighted by Gasteiger charge is 2.29. The number of hydrogen-bond acceptors (Lipinski definition) is 5. The van der Waals surface area contributed by atoms with Crippen LogP contribution in [0.25, 0.3) is 21.8 Å². The van der Waals surface area contributed by atoms with Crippen LogP contribution in [0.4, 0.5) is 8.78 Å². The molecule has 2 saturated heterocycles. The van der Waals surface area contributed by atoms with E-state index in [1.165, 1.54) is 0 Å². The number of aromatic nitrogens is 3. The van der Waals surface area contributed by atoms with Gasteiger partial charge in [-0.15, -0.1) is 0 Å². The van der Waals surface area contributed by atoms with Gasteiger partial charge in [0, 0.05) is 37.6 Å². The average molecular weight is 475 g/mol. The number of amides is 1. The van der Waals surface area contributed by atoms with Crippen LogP contribution in [0, 0.1) is 6.92 Å². The summed E-state index contributed by atoms with van der Waals surface area (Å²) < 4.78 is 38.9. The predicted octanol–water partition coefficient (Wildman–Crippen LogP) is 3.42. The van der Waals surface area contributed by atoms with E-state index in [4.69, 9.17) is 9.47 Å². The van der Waals surface area contributed by atoms with Crippen molar-refractivity contribution in [1.29, 1.82) is 0 Å². The summed E-state index contributed by atoms with van der Waals surface area (Å²) >= 11 is 0. The molecule has 8 nitrogen and oxygen atoms in total. The molecule has 2 aliphatic heterocycles. The van der Waals surface area contributed by atoms with Crippen molar-refractivity contribution in [3.05, 3.63) is 39.8 Å². The van der Waals surface area contributed by atoms with E-state index in [-0.39, 0.29) is 23.6 Å². The maximum absolute atomic E-state index is 13.4. The number of carbonyl (C=O) groups excluding carboxylic acids is 1. The largest absolute Gasteiger partial charge is 0.379 e. The van der Waals surface area contributed by atoms with E-state index in [1.807, 2.05) is 23.7 Å². The molecule has 3 aromatic rings. The van der Waals surface area contributed by atoms with Crippen molar-refractivity contribution in [2.24, 2.45) is 0 Å². The lowest BCUT2D eigenvalue weighted by Crippen LogP contribution is -2.42. The Morgan fingerprint density at radius 2 is 2.03 bits per heavy atom. The van der Waals surface area contributed by atoms with E-state index in [1.54, 1.807) is 11.1 Å². The Bertz CT molecular complexity index is 1280. The van der Waals surface area contributed by atoms with Gasteiger partial charge in [0.1, 0.15) is 6.61 Å². The van der Waals surface area contributed by atoms with Crippen LogP contribution >= 0.6 is 0 Å². The zero-order chi connectivity index (χ0) is 24.0. The molecule has 182 valence electrons. The first-order valence-corrected chi connectivity index (χ1v) is 11.6. The van der Waals surface area contributed by atoms with Crippen molar-refractivity contribution < 1.29 is 23.0 Å². The minimum absolute atomic E-state index is 0.0393. The number of likely N-dealkylation sites (tertiary alicyclic amines) is 1. The zero-order valence-corrected chi connectivity index (χ0v) is 19.3. The first-order valence-electron chi connectivity index (χ1n) is 11.6. The Hall–Kier alpha value is -2.85. The zero-order valence-electron chi connectivity index (χ0n) is 19.3. The number of aromatic amines is 1. The third-order valence-electron chi connectivity index (χ3n) is 6.69. The topological polar surface area (TPSA) is 89.4 Å². The molecule has 2 aromatic heterocycles. The smallest absolute Gasteiger partial charge is 0.268 e. The molecule has 1 aromatic carbocycles. The van der Waals surface area contributed by atoms with Crippen molar-refractivity contribution in [2.75, 3.05) is 32.9 Å². The van der Waals surface area contributed by atoms with Gasteiger partial charge in [0.2, 0.25) is 0 Å². The number of hydrogen-bond donors (Lipinski definition) is 1. The van der Waals surface area contributed by atoms with Crippen LogP contribution in [0.3, 0.4) is 0 Å². The quantitative estimate of drug-likeness (QED) is 0.612. The second-order valence-electron chi connectivity index (χ2n) is 9.41. The third-order valence-corrected chi connectivity index (χ3v) is 6.69. The molecule has 1 N–H and O–H groups in total. The summed E-state index contributed by atoms with van der Waals surface area (Å²) in [5, 5.41) is 5.71. The Labute approximate surface area is 194 Å². The fraction of sp³-hybridized carbons (Fsp3) is 0.542. The van der Waals surface area contributed by atoms with E-state index in [0.717, 1.165) is 24.3 Å². The van der Waals surface area contributed by atoms with Gasteiger partial charge in [0.05, 0.1) is 41.4 Å². The maximum Gasteiger partial charge on any atom is 0.268 e. The number of alkyl halides is 2. The summed E-state index contributed by atoms with van der Waals surface area (Å²) in [6.45, 7) is 4.13. The van der Waals surface area contributed by atoms with E-state index in [2.05, 4.69) is 10.1 Å². The number of pyridine rings is 1. The van der Waals surface area contributed by atoms with Crippen LogP contribution in [0.5, 0.6) is 0 Å². The summed E-state index contributed by atoms with van der Waals surface area (Å²) in [4.78, 5) is 30.7. The minimum atomic E-state index is -2.86. The number of nitrogens with zero attached hydrogens (tertiary/aromatic N) is 3. The highest BCUT2D eigenvalue weighted by atomic mass is 19.3. The molecule has 0 bridgehead atoms. The highest BCUT2D eigenvalue weighted by Crippen LogP contribution is 2.30. The van der Waals surface area contributed by atoms with Gasteiger partial charge in [-0.2, -0.15) is 5.10 Å². The summed E-state index contributed by atoms with van der Waals surface area (Å²) in [6.07, 6.45) is 3.13. The standard InChI is InChI=1S/C24H28F2N4O4/c1-14-9-20-18(21-19(22(31)28-20)11-27-30(21)15-5-8-33-12-15)10-17(14)23(32)29-6-3-16(4-7-29)34-13-24(2,25)26/h9-11,15-16H,3-8,12-13H2,1-2H3,(H,28,31)/t15-/m0/s1. The molecule has 4 heterocycles. The lowest BCUT2D eigenvalue weighted by molar-refractivity contribution is -0.0968. The molecule has 1 amide bonds. The monoisotopic (exact) mass is 474 g/mol. The second kappa shape index (κ2) is 8.74. The van der Waals surface area contributed by atoms with Crippen molar-refractivity contribution >= 4 is 27.7 Å². The minimum Gasteiger partial charge on any atom is -0.379 e. The molecular weight excluding hydrogens is 446 g/mol. The molecule has 0 aliphatic carbocycles. The van der Waals surface area contributed by atoms with Crippen molar-refractivity contribution in [2.45, 2.75) is 51.2 Å². The fourth-order valence-corrected chi connectivity index (χ4v) is 4.88. The summed E-state index contributed by atoms with van der Waals surface area (Å²) in [5.41, 5.74) is 2.45. The number of nitrogens with one attached hydrogen (secondary N) is 1. The first-order chi connectivity index (χ1) is 16.2. The predicted molar refractivity (Wildman–Crippen MR) is 123 cm³/mol. The van der Waals surface area contributed by atoms with Crippen molar-refractivity contribution in [1.82, 2.24) is 19.7 Å². The van der Waals surface area contributed by atoms with Crippen molar-refractivity contribution in [3.8, 4) is 0 Å². The molecule has 0 radical (unpaired) electrons. The lowest BCUT2D eigenvalue weighted by Gasteiger charge is -2.32. The third kappa shape index (κ3) is 4.32. The Morgan fingerprint density at radius 3 is 2.71 bits per heavy atom. The van der Waals surface area contributed by atoms with Gasteiger partial charge in [-0.25, -0.2) is 8.78 Å². The van der Waals surface area contributed by atoms with Gasteiger partial charge in [-0.1, -0.05) is 0 Å². The number of halogens is 2. The molecule has 34 heavy (non-hydrogen) atoms. The number of carbonyl (C=O) groups is 1. The Morgan fingerprint density at radius 1 is 1.26 bits per heavy atom. The number of rotatable bonds is 5. The molecule has 5 rings (SSSR count). The normalized spacial score (nSPS) is 20.0. The molecule has 10 heteroatoms. The van der Waals surface area contributed by atoms with Crippen LogP contribution < -0.4 is 5.56 Å². The van der Waals surface area contributed by atoms with Gasteiger partial charge in [-0.05, 0) is 43.9 Å². The lowest BCUT2D eigenvalue weighted by atomic mass is 10.0. The molecule has 2 fully saturated rings. The Kier molecular flexibility index (Phi) is 5.89. The molecule has 2 aliphatic rings. The van der Waals surface area contributed by atoms with Gasteiger partial charge >= 0.3 is 0 Å². The van der Waals surface area contributed by atoms with Gasteiger partial charge in [0.25, 0.3) is 17.4 Å². The SMILES string of the molecule is Cc1cc2[nH]c(=O)c3cnn([C@H]4CCOC4)c3c2cc1C(=O)N1CCC(OCC(C)(F)F)CC1. The summed E-state index contributed by atoms with van der Waals surface area (Å²) in [6, 6.07) is 3.70. The van der Waals surface area contributed by atoms with Crippen LogP contribution in [0.15, 0.2) is 23.1 Å². The number of piperidine rings is 1. The number of H-pyrrole nitrogens is 1. The highest BCUT2D eigenvalue weighted by molar-refractivity contribution is 6.07. The summed E-state index contributed by atoms with van der Waals surface area (Å²) in [7, 11) is 0. The van der Waals surface area contributed by atoms with Crippen LogP contribution in [0.1, 0.15) is 48.1 Å². The average Bonchev–Trinajstić information content (AvgIpc) is 3.47. The second-order valence-corrected chi connectivity index (χ2v) is 9.41. The first kappa shape index (κ1) is 22.9. The van der Waals surface area contributed by atoms with Gasteiger partial charge < -0.3 is 19.4 Å². The van der Waals surface area contributed by atoms with E-state index in [9.17, 15) is 18.4 Å². The van der Waals surface area contributed by atoms with Gasteiger partial charge in [-0.3, -0.25) is 14.3 Å². The van der Waals surface area contributed by atoms with Gasteiger partial charge in [0.15, 0.2) is 0 Å².